The number of para-hydroxylation sites is 2. The topological polar surface area (TPSA) is 79.3 Å². The molecule has 0 bridgehead atoms. The molecule has 2 amide bonds. The van der Waals surface area contributed by atoms with E-state index in [-0.39, 0.29) is 17.9 Å². The second kappa shape index (κ2) is 9.19. The van der Waals surface area contributed by atoms with E-state index in [0.717, 1.165) is 42.5 Å². The van der Waals surface area contributed by atoms with Crippen molar-refractivity contribution < 1.29 is 9.59 Å². The molecule has 2 aromatic rings. The van der Waals surface area contributed by atoms with E-state index in [4.69, 9.17) is 0 Å². The van der Waals surface area contributed by atoms with Gasteiger partial charge in [0, 0.05) is 52.0 Å². The maximum absolute atomic E-state index is 12.3. The van der Waals surface area contributed by atoms with E-state index in [1.165, 1.54) is 6.92 Å². The average Bonchev–Trinajstić information content (AvgIpc) is 3.18. The van der Waals surface area contributed by atoms with E-state index in [1.54, 1.807) is 0 Å². The number of aryl methyl sites for hydroxylation is 2. The number of nitrogens with one attached hydrogen (secondary N) is 2. The van der Waals surface area contributed by atoms with Crippen LogP contribution in [0.4, 0.5) is 0 Å². The second-order valence-corrected chi connectivity index (χ2v) is 7.72. The zero-order chi connectivity index (χ0) is 20.1. The predicted octanol–water partition coefficient (Wildman–Crippen LogP) is 1.61. The first kappa shape index (κ1) is 20.3. The molecule has 3 rings (SSSR count). The lowest BCUT2D eigenvalue weighted by Crippen LogP contribution is -2.42. The van der Waals surface area contributed by atoms with Crippen LogP contribution in [0.1, 0.15) is 38.4 Å². The summed E-state index contributed by atoms with van der Waals surface area (Å²) in [4.78, 5) is 30.3. The van der Waals surface area contributed by atoms with Gasteiger partial charge in [-0.15, -0.1) is 0 Å². The van der Waals surface area contributed by atoms with Crippen LogP contribution in [0.25, 0.3) is 11.0 Å². The Kier molecular flexibility index (Phi) is 6.67. The predicted molar refractivity (Wildman–Crippen MR) is 110 cm³/mol. The number of imidazole rings is 1. The largest absolute Gasteiger partial charge is 0.356 e. The fourth-order valence-corrected chi connectivity index (χ4v) is 4.02. The molecule has 1 aromatic carbocycles. The van der Waals surface area contributed by atoms with Gasteiger partial charge in [-0.1, -0.05) is 12.1 Å². The average molecular weight is 386 g/mol. The van der Waals surface area contributed by atoms with Gasteiger partial charge in [0.1, 0.15) is 5.82 Å². The van der Waals surface area contributed by atoms with E-state index >= 15 is 0 Å². The van der Waals surface area contributed by atoms with Crippen LogP contribution in [0.3, 0.4) is 0 Å². The van der Waals surface area contributed by atoms with E-state index in [0.29, 0.717) is 25.6 Å². The highest BCUT2D eigenvalue weighted by molar-refractivity contribution is 5.77. The molecule has 0 spiro atoms. The van der Waals surface area contributed by atoms with E-state index in [1.807, 2.05) is 32.3 Å². The molecule has 2 atom stereocenters. The van der Waals surface area contributed by atoms with Crippen LogP contribution in [-0.4, -0.2) is 58.5 Å². The molecule has 0 aliphatic carbocycles. The van der Waals surface area contributed by atoms with Crippen molar-refractivity contribution >= 4 is 22.8 Å². The number of carbonyl (C=O) groups is 2. The second-order valence-electron chi connectivity index (χ2n) is 7.72. The number of aromatic nitrogens is 2. The minimum Gasteiger partial charge on any atom is -0.356 e. The Morgan fingerprint density at radius 1 is 1.14 bits per heavy atom. The summed E-state index contributed by atoms with van der Waals surface area (Å²) in [6.45, 7) is 2.85. The molecule has 152 valence electrons. The normalized spacial score (nSPS) is 19.8. The number of rotatable bonds is 8. The van der Waals surface area contributed by atoms with Crippen molar-refractivity contribution in [1.82, 2.24) is 25.1 Å². The molecule has 1 aliphatic rings. The number of hydrogen-bond donors (Lipinski definition) is 2. The minimum absolute atomic E-state index is 0.00444. The van der Waals surface area contributed by atoms with E-state index in [2.05, 4.69) is 31.2 Å². The van der Waals surface area contributed by atoms with Crippen molar-refractivity contribution in [3.05, 3.63) is 30.1 Å². The van der Waals surface area contributed by atoms with Gasteiger partial charge in [0.25, 0.3) is 0 Å². The lowest BCUT2D eigenvalue weighted by molar-refractivity contribution is -0.122. The summed E-state index contributed by atoms with van der Waals surface area (Å²) in [5.41, 5.74) is 2.15. The molecule has 2 N–H and O–H groups in total. The molecule has 28 heavy (non-hydrogen) atoms. The summed E-state index contributed by atoms with van der Waals surface area (Å²) < 4.78 is 2.12. The van der Waals surface area contributed by atoms with Gasteiger partial charge in [0.2, 0.25) is 11.8 Å². The number of nitrogens with zero attached hydrogens (tertiary/aromatic N) is 3. The fourth-order valence-electron chi connectivity index (χ4n) is 4.02. The zero-order valence-corrected chi connectivity index (χ0v) is 17.1. The molecule has 1 aromatic heterocycles. The molecule has 7 heteroatoms. The van der Waals surface area contributed by atoms with Gasteiger partial charge < -0.3 is 15.2 Å². The number of likely N-dealkylation sites (tertiary alicyclic amines) is 1. The number of amides is 2. The van der Waals surface area contributed by atoms with Crippen molar-refractivity contribution in [3.63, 3.8) is 0 Å². The van der Waals surface area contributed by atoms with Gasteiger partial charge in [-0.3, -0.25) is 14.5 Å². The monoisotopic (exact) mass is 385 g/mol. The van der Waals surface area contributed by atoms with Crippen LogP contribution in [0.15, 0.2) is 24.3 Å². The summed E-state index contributed by atoms with van der Waals surface area (Å²) in [5, 5.41) is 5.92. The van der Waals surface area contributed by atoms with Gasteiger partial charge in [0.15, 0.2) is 0 Å². The fraction of sp³-hybridized carbons (Fsp3) is 0.571. The quantitative estimate of drug-likeness (QED) is 0.677. The zero-order valence-electron chi connectivity index (χ0n) is 17.1. The summed E-state index contributed by atoms with van der Waals surface area (Å²) in [7, 11) is 4.08. The Balaban J connectivity index is 1.39. The molecule has 0 radical (unpaired) electrons. The Morgan fingerprint density at radius 2 is 1.89 bits per heavy atom. The summed E-state index contributed by atoms with van der Waals surface area (Å²) in [5.74, 6) is 1.14. The molecule has 1 saturated heterocycles. The first-order chi connectivity index (χ1) is 13.5. The van der Waals surface area contributed by atoms with Crippen LogP contribution in [0, 0.1) is 0 Å². The highest BCUT2D eigenvalue weighted by atomic mass is 16.2. The highest BCUT2D eigenvalue weighted by Gasteiger charge is 2.31. The van der Waals surface area contributed by atoms with Crippen molar-refractivity contribution in [3.8, 4) is 0 Å². The van der Waals surface area contributed by atoms with Gasteiger partial charge in [-0.25, -0.2) is 4.98 Å². The molecular weight excluding hydrogens is 354 g/mol. The van der Waals surface area contributed by atoms with Gasteiger partial charge in [-0.05, 0) is 38.4 Å². The minimum atomic E-state index is -0.00444. The first-order valence-electron chi connectivity index (χ1n) is 10.1. The number of fused-ring (bicyclic) bond motifs is 1. The Bertz CT molecular complexity index is 831. The van der Waals surface area contributed by atoms with Crippen molar-refractivity contribution in [2.75, 3.05) is 20.1 Å². The molecule has 1 fully saturated rings. The van der Waals surface area contributed by atoms with Gasteiger partial charge >= 0.3 is 0 Å². The molecule has 2 heterocycles. The van der Waals surface area contributed by atoms with Crippen LogP contribution in [0.2, 0.25) is 0 Å². The van der Waals surface area contributed by atoms with E-state index in [9.17, 15) is 9.59 Å². The highest BCUT2D eigenvalue weighted by Crippen LogP contribution is 2.24. The van der Waals surface area contributed by atoms with Crippen molar-refractivity contribution in [2.45, 2.75) is 51.1 Å². The molecule has 0 unspecified atom stereocenters. The third-order valence-corrected chi connectivity index (χ3v) is 5.77. The summed E-state index contributed by atoms with van der Waals surface area (Å²) >= 11 is 0. The van der Waals surface area contributed by atoms with Crippen molar-refractivity contribution in [1.29, 1.82) is 0 Å². The Labute approximate surface area is 166 Å². The summed E-state index contributed by atoms with van der Waals surface area (Å²) in [6.07, 6.45) is 4.23. The number of benzene rings is 1. The van der Waals surface area contributed by atoms with Gasteiger partial charge in [-0.2, -0.15) is 0 Å². The summed E-state index contributed by atoms with van der Waals surface area (Å²) in [6, 6.07) is 8.69. The molecule has 7 nitrogen and oxygen atoms in total. The third-order valence-electron chi connectivity index (χ3n) is 5.77. The third kappa shape index (κ3) is 4.90. The maximum atomic E-state index is 12.3. The number of likely N-dealkylation sites (N-methyl/N-ethyl adjacent to an activating group) is 1. The van der Waals surface area contributed by atoms with Crippen molar-refractivity contribution in [2.24, 2.45) is 7.05 Å². The van der Waals surface area contributed by atoms with Crippen LogP contribution < -0.4 is 10.6 Å². The van der Waals surface area contributed by atoms with Crippen LogP contribution in [-0.2, 0) is 23.1 Å². The number of hydrogen-bond acceptors (Lipinski definition) is 4. The van der Waals surface area contributed by atoms with E-state index < -0.39 is 0 Å². The van der Waals surface area contributed by atoms with Crippen LogP contribution >= 0.6 is 0 Å². The first-order valence-corrected chi connectivity index (χ1v) is 10.1. The van der Waals surface area contributed by atoms with Crippen LogP contribution in [0.5, 0.6) is 0 Å². The molecular formula is C21H31N5O2. The molecule has 0 saturated carbocycles. The van der Waals surface area contributed by atoms with Gasteiger partial charge in [0.05, 0.1) is 11.0 Å². The maximum Gasteiger partial charge on any atom is 0.221 e. The SMILES string of the molecule is CC(=O)NC[C@H]1CC[C@@H](CC(=O)NCCCc2nc3ccccc3n2C)N1C. The standard InChI is InChI=1S/C21H31N5O2/c1-15(27)23-14-17-11-10-16(25(17)2)13-21(28)22-12-6-9-20-24-18-7-4-5-8-19(18)26(20)3/h4-5,7-8,16-17H,6,9-14H2,1-3H3,(H,22,28)(H,23,27)/t16-,17+/m0/s1. The lowest BCUT2D eigenvalue weighted by atomic mass is 10.1. The number of carbonyl (C=O) groups excluding carboxylic acids is 2. The molecule has 1 aliphatic heterocycles. The lowest BCUT2D eigenvalue weighted by Gasteiger charge is -2.25. The Hall–Kier alpha value is -2.41. The smallest absolute Gasteiger partial charge is 0.221 e. The Morgan fingerprint density at radius 3 is 2.64 bits per heavy atom.